The monoisotopic (exact) mass is 249 g/mol. The lowest BCUT2D eigenvalue weighted by Crippen LogP contribution is -2.36. The number of benzene rings is 1. The van der Waals surface area contributed by atoms with Crippen LogP contribution in [0.25, 0.3) is 0 Å². The highest BCUT2D eigenvalue weighted by molar-refractivity contribution is 7.99. The highest BCUT2D eigenvalue weighted by atomic mass is 32.2. The molecule has 0 saturated carbocycles. The molecule has 2 nitrogen and oxygen atoms in total. The van der Waals surface area contributed by atoms with Gasteiger partial charge in [0.2, 0.25) is 0 Å². The highest BCUT2D eigenvalue weighted by Crippen LogP contribution is 2.32. The Labute approximate surface area is 107 Å². The van der Waals surface area contributed by atoms with Gasteiger partial charge in [-0.15, -0.1) is 0 Å². The number of thioether (sulfide) groups is 1. The van der Waals surface area contributed by atoms with Gasteiger partial charge in [0.05, 0.1) is 0 Å². The molecule has 0 spiro atoms. The first-order valence-corrected chi connectivity index (χ1v) is 7.50. The second-order valence-electron chi connectivity index (χ2n) is 5.20. The van der Waals surface area contributed by atoms with Crippen LogP contribution in [0.2, 0.25) is 0 Å². The fourth-order valence-electron chi connectivity index (χ4n) is 2.52. The van der Waals surface area contributed by atoms with Gasteiger partial charge in [-0.2, -0.15) is 11.8 Å². The van der Waals surface area contributed by atoms with Crippen LogP contribution >= 0.6 is 11.8 Å². The zero-order chi connectivity index (χ0) is 11.7. The van der Waals surface area contributed by atoms with Gasteiger partial charge in [0.25, 0.3) is 0 Å². The predicted molar refractivity (Wildman–Crippen MR) is 72.6 cm³/mol. The molecule has 0 radical (unpaired) electrons. The maximum absolute atomic E-state index is 6.23. The largest absolute Gasteiger partial charge is 0.488 e. The second kappa shape index (κ2) is 4.54. The zero-order valence-electron chi connectivity index (χ0n) is 10.3. The Morgan fingerprint density at radius 2 is 1.94 bits per heavy atom. The summed E-state index contributed by atoms with van der Waals surface area (Å²) >= 11 is 2.04. The Morgan fingerprint density at radius 3 is 2.76 bits per heavy atom. The Kier molecular flexibility index (Phi) is 3.05. The molecule has 2 aliphatic rings. The van der Waals surface area contributed by atoms with Crippen LogP contribution in [0.4, 0.5) is 0 Å². The van der Waals surface area contributed by atoms with Crippen molar-refractivity contribution in [2.24, 2.45) is 0 Å². The zero-order valence-corrected chi connectivity index (χ0v) is 11.1. The Morgan fingerprint density at radius 1 is 1.18 bits per heavy atom. The van der Waals surface area contributed by atoms with Crippen LogP contribution in [0.1, 0.15) is 30.9 Å². The van der Waals surface area contributed by atoms with Crippen LogP contribution in [0.5, 0.6) is 5.75 Å². The molecule has 1 fully saturated rings. The van der Waals surface area contributed by atoms with Crippen LogP contribution in [0.3, 0.4) is 0 Å². The van der Waals surface area contributed by atoms with E-state index in [-0.39, 0.29) is 5.60 Å². The molecule has 0 atom stereocenters. The van der Waals surface area contributed by atoms with E-state index in [1.54, 1.807) is 0 Å². The summed E-state index contributed by atoms with van der Waals surface area (Å²) in [6.45, 7) is 4.24. The first-order chi connectivity index (χ1) is 8.25. The van der Waals surface area contributed by atoms with Gasteiger partial charge in [0.1, 0.15) is 11.4 Å². The van der Waals surface area contributed by atoms with E-state index < -0.39 is 0 Å². The van der Waals surface area contributed by atoms with Crippen molar-refractivity contribution >= 4 is 11.8 Å². The molecular formula is C14H19NOS. The van der Waals surface area contributed by atoms with Gasteiger partial charge >= 0.3 is 0 Å². The fourth-order valence-corrected chi connectivity index (χ4v) is 3.88. The lowest BCUT2D eigenvalue weighted by Gasteiger charge is -2.34. The number of hydrogen-bond donors (Lipinski definition) is 1. The van der Waals surface area contributed by atoms with Crippen molar-refractivity contribution in [3.8, 4) is 5.75 Å². The number of fused-ring (bicyclic) bond motifs is 1. The molecule has 1 N–H and O–H groups in total. The third kappa shape index (κ3) is 2.45. The molecular weight excluding hydrogens is 230 g/mol. The number of rotatable bonds is 2. The van der Waals surface area contributed by atoms with Crippen LogP contribution in [0, 0.1) is 0 Å². The molecule has 17 heavy (non-hydrogen) atoms. The van der Waals surface area contributed by atoms with Gasteiger partial charge in [-0.3, -0.25) is 0 Å². The third-order valence-electron chi connectivity index (χ3n) is 3.72. The van der Waals surface area contributed by atoms with Crippen LogP contribution in [0.15, 0.2) is 18.2 Å². The normalized spacial score (nSPS) is 22.2. The van der Waals surface area contributed by atoms with E-state index in [4.69, 9.17) is 4.74 Å². The molecule has 1 saturated heterocycles. The molecule has 0 aliphatic carbocycles. The topological polar surface area (TPSA) is 21.3 Å². The Balaban J connectivity index is 1.76. The van der Waals surface area contributed by atoms with E-state index in [1.807, 2.05) is 11.8 Å². The van der Waals surface area contributed by atoms with Crippen LogP contribution in [-0.2, 0) is 13.1 Å². The molecule has 1 aromatic carbocycles. The summed E-state index contributed by atoms with van der Waals surface area (Å²) in [6.07, 6.45) is 2.32. The van der Waals surface area contributed by atoms with Gasteiger partial charge < -0.3 is 10.1 Å². The average molecular weight is 249 g/mol. The number of hydrogen-bond acceptors (Lipinski definition) is 3. The standard InChI is InChI=1S/C14H19NOS/c1-14(4-6-17-7-5-14)16-13-3-2-11-9-15-10-12(11)8-13/h2-3,8,15H,4-7,9-10H2,1H3. The van der Waals surface area contributed by atoms with Gasteiger partial charge in [0, 0.05) is 13.1 Å². The maximum Gasteiger partial charge on any atom is 0.120 e. The van der Waals surface area contributed by atoms with Crippen molar-refractivity contribution in [3.05, 3.63) is 29.3 Å². The molecule has 2 heterocycles. The molecule has 0 amide bonds. The molecule has 2 aliphatic heterocycles. The van der Waals surface area contributed by atoms with Crippen molar-refractivity contribution in [2.75, 3.05) is 11.5 Å². The minimum atomic E-state index is 0.0471. The molecule has 3 rings (SSSR count). The van der Waals surface area contributed by atoms with Gasteiger partial charge in [0.15, 0.2) is 0 Å². The number of ether oxygens (including phenoxy) is 1. The van der Waals surface area contributed by atoms with Crippen molar-refractivity contribution < 1.29 is 4.74 Å². The first kappa shape index (κ1) is 11.4. The molecule has 0 aromatic heterocycles. The average Bonchev–Trinajstić information content (AvgIpc) is 2.76. The summed E-state index contributed by atoms with van der Waals surface area (Å²) in [5, 5.41) is 3.37. The summed E-state index contributed by atoms with van der Waals surface area (Å²) in [5.74, 6) is 3.49. The highest BCUT2D eigenvalue weighted by Gasteiger charge is 2.29. The van der Waals surface area contributed by atoms with Crippen LogP contribution < -0.4 is 10.1 Å². The summed E-state index contributed by atoms with van der Waals surface area (Å²) in [7, 11) is 0. The predicted octanol–water partition coefficient (Wildman–Crippen LogP) is 2.95. The van der Waals surface area contributed by atoms with E-state index >= 15 is 0 Å². The fraction of sp³-hybridized carbons (Fsp3) is 0.571. The van der Waals surface area contributed by atoms with Gasteiger partial charge in [-0.05, 0) is 54.5 Å². The van der Waals surface area contributed by atoms with Gasteiger partial charge in [-0.1, -0.05) is 6.07 Å². The third-order valence-corrected chi connectivity index (χ3v) is 4.71. The van der Waals surface area contributed by atoms with Crippen molar-refractivity contribution in [1.82, 2.24) is 5.32 Å². The van der Waals surface area contributed by atoms with E-state index in [1.165, 1.54) is 22.6 Å². The molecule has 1 aromatic rings. The van der Waals surface area contributed by atoms with Crippen molar-refractivity contribution in [1.29, 1.82) is 0 Å². The molecule has 92 valence electrons. The van der Waals surface area contributed by atoms with Crippen LogP contribution in [-0.4, -0.2) is 17.1 Å². The van der Waals surface area contributed by atoms with E-state index in [9.17, 15) is 0 Å². The molecule has 0 bridgehead atoms. The van der Waals surface area contributed by atoms with Crippen molar-refractivity contribution in [3.63, 3.8) is 0 Å². The van der Waals surface area contributed by atoms with E-state index in [0.717, 1.165) is 31.7 Å². The van der Waals surface area contributed by atoms with E-state index in [0.29, 0.717) is 0 Å². The lowest BCUT2D eigenvalue weighted by atomic mass is 9.99. The Bertz CT molecular complexity index is 413. The molecule has 0 unspecified atom stereocenters. The summed E-state index contributed by atoms with van der Waals surface area (Å²) < 4.78 is 6.23. The van der Waals surface area contributed by atoms with Gasteiger partial charge in [-0.25, -0.2) is 0 Å². The summed E-state index contributed by atoms with van der Waals surface area (Å²) in [6, 6.07) is 6.53. The summed E-state index contributed by atoms with van der Waals surface area (Å²) in [4.78, 5) is 0. The maximum atomic E-state index is 6.23. The summed E-state index contributed by atoms with van der Waals surface area (Å²) in [5.41, 5.74) is 2.86. The van der Waals surface area contributed by atoms with E-state index in [2.05, 4.69) is 30.4 Å². The Hall–Kier alpha value is -0.670. The minimum Gasteiger partial charge on any atom is -0.488 e. The second-order valence-corrected chi connectivity index (χ2v) is 6.42. The molecule has 3 heteroatoms. The quantitative estimate of drug-likeness (QED) is 0.870. The smallest absolute Gasteiger partial charge is 0.120 e. The lowest BCUT2D eigenvalue weighted by molar-refractivity contribution is 0.0798. The SMILES string of the molecule is CC1(Oc2ccc3c(c2)CNC3)CCSCC1. The number of nitrogens with one attached hydrogen (secondary N) is 1. The van der Waals surface area contributed by atoms with Crippen molar-refractivity contribution in [2.45, 2.75) is 38.5 Å². The first-order valence-electron chi connectivity index (χ1n) is 6.34. The minimum absolute atomic E-state index is 0.0471.